The van der Waals surface area contributed by atoms with Crippen LogP contribution >= 0.6 is 0 Å². The van der Waals surface area contributed by atoms with Crippen LogP contribution in [0.5, 0.6) is 6.01 Å². The molecule has 0 radical (unpaired) electrons. The molecule has 1 fully saturated rings. The number of ether oxygens (including phenoxy) is 2. The topological polar surface area (TPSA) is 56.6 Å². The van der Waals surface area contributed by atoms with Crippen molar-refractivity contribution < 1.29 is 14.3 Å². The molecule has 0 saturated carbocycles. The van der Waals surface area contributed by atoms with Crippen molar-refractivity contribution in [2.75, 3.05) is 13.1 Å². The zero-order valence-electron chi connectivity index (χ0n) is 18.1. The zero-order chi connectivity index (χ0) is 21.3. The fourth-order valence-corrected chi connectivity index (χ4v) is 3.64. The predicted octanol–water partition coefficient (Wildman–Crippen LogP) is 4.78. The predicted molar refractivity (Wildman–Crippen MR) is 117 cm³/mol. The van der Waals surface area contributed by atoms with E-state index in [0.29, 0.717) is 25.6 Å². The highest BCUT2D eigenvalue weighted by Gasteiger charge is 2.31. The normalized spacial score (nSPS) is 16.8. The first kappa shape index (κ1) is 20.3. The Morgan fingerprint density at radius 1 is 1.13 bits per heavy atom. The number of carbonyl (C=O) groups is 1. The van der Waals surface area contributed by atoms with Crippen LogP contribution < -0.4 is 4.74 Å². The smallest absolute Gasteiger partial charge is 0.410 e. The maximum atomic E-state index is 12.4. The van der Waals surface area contributed by atoms with Gasteiger partial charge in [-0.25, -0.2) is 4.79 Å². The summed E-state index contributed by atoms with van der Waals surface area (Å²) in [5, 5.41) is 0. The van der Waals surface area contributed by atoms with Crippen molar-refractivity contribution in [3.8, 4) is 6.01 Å². The fourth-order valence-electron chi connectivity index (χ4n) is 3.64. The summed E-state index contributed by atoms with van der Waals surface area (Å²) in [6.07, 6.45) is 0.361. The van der Waals surface area contributed by atoms with Gasteiger partial charge in [-0.3, -0.25) is 4.57 Å². The lowest BCUT2D eigenvalue weighted by molar-refractivity contribution is 0.0273. The molecular weight excluding hydrogens is 378 g/mol. The van der Waals surface area contributed by atoms with Gasteiger partial charge in [0.15, 0.2) is 0 Å². The summed E-state index contributed by atoms with van der Waals surface area (Å²) < 4.78 is 13.9. The average Bonchev–Trinajstić information content (AvgIpc) is 3.28. The molecule has 1 atom stereocenters. The van der Waals surface area contributed by atoms with Crippen molar-refractivity contribution in [2.24, 2.45) is 0 Å². The van der Waals surface area contributed by atoms with Gasteiger partial charge < -0.3 is 14.4 Å². The average molecular weight is 408 g/mol. The van der Waals surface area contributed by atoms with Gasteiger partial charge in [0, 0.05) is 13.0 Å². The van der Waals surface area contributed by atoms with Gasteiger partial charge in [0.25, 0.3) is 6.01 Å². The number of aromatic nitrogens is 2. The number of carbonyl (C=O) groups excluding carboxylic acids is 1. The number of rotatable bonds is 4. The molecule has 158 valence electrons. The third kappa shape index (κ3) is 4.58. The second-order valence-corrected chi connectivity index (χ2v) is 8.91. The molecule has 4 rings (SSSR count). The second-order valence-electron chi connectivity index (χ2n) is 8.91. The molecule has 0 unspecified atom stereocenters. The highest BCUT2D eigenvalue weighted by Crippen LogP contribution is 2.26. The van der Waals surface area contributed by atoms with Crippen LogP contribution in [0.4, 0.5) is 4.79 Å². The Kier molecular flexibility index (Phi) is 5.41. The van der Waals surface area contributed by atoms with E-state index in [9.17, 15) is 4.79 Å². The maximum absolute atomic E-state index is 12.4. The molecule has 1 saturated heterocycles. The number of likely N-dealkylation sites (tertiary alicyclic amines) is 1. The Balaban J connectivity index is 1.53. The SMILES string of the molecule is Cc1ccc(Cn2c(O[C@H]3CCN(C(=O)OC(C)(C)C)C3)nc3ccccc32)cc1. The molecular formula is C24H29N3O3. The number of aryl methyl sites for hydroxylation is 1. The van der Waals surface area contributed by atoms with Crippen LogP contribution in [0.2, 0.25) is 0 Å². The van der Waals surface area contributed by atoms with E-state index in [1.54, 1.807) is 4.90 Å². The summed E-state index contributed by atoms with van der Waals surface area (Å²) in [6.45, 7) is 9.52. The van der Waals surface area contributed by atoms with Crippen molar-refractivity contribution in [3.63, 3.8) is 0 Å². The van der Waals surface area contributed by atoms with Gasteiger partial charge in [-0.1, -0.05) is 42.0 Å². The standard InChI is InChI=1S/C24H29N3O3/c1-17-9-11-18(12-10-17)15-27-21-8-6-5-7-20(21)25-22(27)29-19-13-14-26(16-19)23(28)30-24(2,3)4/h5-12,19H,13-16H2,1-4H3/t19-/m0/s1. The summed E-state index contributed by atoms with van der Waals surface area (Å²) in [5.74, 6) is 0. The van der Waals surface area contributed by atoms with E-state index in [-0.39, 0.29) is 12.2 Å². The van der Waals surface area contributed by atoms with Crippen molar-refractivity contribution in [3.05, 3.63) is 59.7 Å². The lowest BCUT2D eigenvalue weighted by Gasteiger charge is -2.24. The van der Waals surface area contributed by atoms with Crippen LogP contribution in [0.25, 0.3) is 11.0 Å². The number of fused-ring (bicyclic) bond motifs is 1. The summed E-state index contributed by atoms with van der Waals surface area (Å²) in [6, 6.07) is 17.1. The van der Waals surface area contributed by atoms with Crippen molar-refractivity contribution in [2.45, 2.75) is 52.4 Å². The largest absolute Gasteiger partial charge is 0.459 e. The van der Waals surface area contributed by atoms with Crippen molar-refractivity contribution in [1.82, 2.24) is 14.5 Å². The van der Waals surface area contributed by atoms with Gasteiger partial charge in [-0.2, -0.15) is 4.98 Å². The highest BCUT2D eigenvalue weighted by atomic mass is 16.6. The summed E-state index contributed by atoms with van der Waals surface area (Å²) >= 11 is 0. The Morgan fingerprint density at radius 3 is 2.60 bits per heavy atom. The maximum Gasteiger partial charge on any atom is 0.410 e. The molecule has 0 aliphatic carbocycles. The Hall–Kier alpha value is -3.02. The highest BCUT2D eigenvalue weighted by molar-refractivity contribution is 5.76. The molecule has 6 nitrogen and oxygen atoms in total. The van der Waals surface area contributed by atoms with E-state index in [1.807, 2.05) is 39.0 Å². The molecule has 1 amide bonds. The minimum Gasteiger partial charge on any atom is -0.459 e. The fraction of sp³-hybridized carbons (Fsp3) is 0.417. The number of para-hydroxylation sites is 2. The number of hydrogen-bond donors (Lipinski definition) is 0. The second kappa shape index (κ2) is 8.01. The third-order valence-corrected chi connectivity index (χ3v) is 5.15. The lowest BCUT2D eigenvalue weighted by Crippen LogP contribution is -2.36. The first-order valence-electron chi connectivity index (χ1n) is 10.4. The van der Waals surface area contributed by atoms with Gasteiger partial charge in [0.1, 0.15) is 11.7 Å². The number of imidazole rings is 1. The zero-order valence-corrected chi connectivity index (χ0v) is 18.1. The third-order valence-electron chi connectivity index (χ3n) is 5.15. The first-order chi connectivity index (χ1) is 14.3. The van der Waals surface area contributed by atoms with Crippen LogP contribution in [-0.2, 0) is 11.3 Å². The number of hydrogen-bond acceptors (Lipinski definition) is 4. The van der Waals surface area contributed by atoms with E-state index >= 15 is 0 Å². The molecule has 30 heavy (non-hydrogen) atoms. The van der Waals surface area contributed by atoms with Gasteiger partial charge >= 0.3 is 6.09 Å². The first-order valence-corrected chi connectivity index (χ1v) is 10.4. The molecule has 2 heterocycles. The van der Waals surface area contributed by atoms with E-state index in [0.717, 1.165) is 17.5 Å². The summed E-state index contributed by atoms with van der Waals surface area (Å²) in [5.41, 5.74) is 3.86. The minimum atomic E-state index is -0.502. The Bertz CT molecular complexity index is 1030. The minimum absolute atomic E-state index is 0.105. The van der Waals surface area contributed by atoms with Crippen LogP contribution in [0.1, 0.15) is 38.3 Å². The van der Waals surface area contributed by atoms with E-state index in [2.05, 4.69) is 41.8 Å². The quantitative estimate of drug-likeness (QED) is 0.624. The summed E-state index contributed by atoms with van der Waals surface area (Å²) in [7, 11) is 0. The molecule has 1 aliphatic rings. The van der Waals surface area contributed by atoms with Gasteiger partial charge in [-0.05, 0) is 45.4 Å². The molecule has 2 aromatic carbocycles. The van der Waals surface area contributed by atoms with Crippen LogP contribution in [0, 0.1) is 6.92 Å². The van der Waals surface area contributed by atoms with Crippen molar-refractivity contribution >= 4 is 17.1 Å². The molecule has 1 aliphatic heterocycles. The molecule has 3 aromatic rings. The molecule has 0 bridgehead atoms. The lowest BCUT2D eigenvalue weighted by atomic mass is 10.1. The summed E-state index contributed by atoms with van der Waals surface area (Å²) in [4.78, 5) is 18.8. The molecule has 6 heteroatoms. The monoisotopic (exact) mass is 407 g/mol. The number of benzene rings is 2. The van der Waals surface area contributed by atoms with Gasteiger partial charge in [-0.15, -0.1) is 0 Å². The Morgan fingerprint density at radius 2 is 1.87 bits per heavy atom. The van der Waals surface area contributed by atoms with E-state index in [1.165, 1.54) is 11.1 Å². The molecule has 0 N–H and O–H groups in total. The number of amides is 1. The molecule has 0 spiro atoms. The van der Waals surface area contributed by atoms with Gasteiger partial charge in [0.2, 0.25) is 0 Å². The van der Waals surface area contributed by atoms with E-state index < -0.39 is 5.60 Å². The van der Waals surface area contributed by atoms with Crippen LogP contribution in [0.3, 0.4) is 0 Å². The number of nitrogens with zero attached hydrogens (tertiary/aromatic N) is 3. The Labute approximate surface area is 177 Å². The van der Waals surface area contributed by atoms with Crippen LogP contribution in [0.15, 0.2) is 48.5 Å². The van der Waals surface area contributed by atoms with Crippen LogP contribution in [-0.4, -0.2) is 45.3 Å². The van der Waals surface area contributed by atoms with Gasteiger partial charge in [0.05, 0.1) is 24.1 Å². The van der Waals surface area contributed by atoms with E-state index in [4.69, 9.17) is 14.5 Å². The van der Waals surface area contributed by atoms with Crippen molar-refractivity contribution in [1.29, 1.82) is 0 Å². The molecule has 1 aromatic heterocycles.